The van der Waals surface area contributed by atoms with E-state index in [1.54, 1.807) is 24.4 Å². The lowest BCUT2D eigenvalue weighted by Gasteiger charge is -2.33. The highest BCUT2D eigenvalue weighted by atomic mass is 19.4. The summed E-state index contributed by atoms with van der Waals surface area (Å²) in [6.45, 7) is 7.23. The molecule has 5 rings (SSSR count). The molecular formula is C33H36F3N7O2. The van der Waals surface area contributed by atoms with Crippen LogP contribution in [0.3, 0.4) is 0 Å². The highest BCUT2D eigenvalue weighted by Crippen LogP contribution is 2.36. The van der Waals surface area contributed by atoms with E-state index in [4.69, 9.17) is 9.72 Å². The quantitative estimate of drug-likeness (QED) is 0.223. The fourth-order valence-corrected chi connectivity index (χ4v) is 5.07. The van der Waals surface area contributed by atoms with Crippen molar-refractivity contribution in [3.8, 4) is 22.5 Å². The van der Waals surface area contributed by atoms with Crippen molar-refractivity contribution in [3.05, 3.63) is 84.1 Å². The zero-order chi connectivity index (χ0) is 32.0. The van der Waals surface area contributed by atoms with Crippen molar-refractivity contribution in [2.45, 2.75) is 57.9 Å². The van der Waals surface area contributed by atoms with Crippen molar-refractivity contribution in [1.29, 1.82) is 0 Å². The molecular weight excluding hydrogens is 583 g/mol. The van der Waals surface area contributed by atoms with Crippen LogP contribution in [0.4, 0.5) is 29.7 Å². The van der Waals surface area contributed by atoms with Gasteiger partial charge in [0.2, 0.25) is 5.95 Å². The first kappa shape index (κ1) is 31.7. The van der Waals surface area contributed by atoms with Gasteiger partial charge in [-0.25, -0.2) is 14.8 Å². The molecule has 0 spiro atoms. The summed E-state index contributed by atoms with van der Waals surface area (Å²) >= 11 is 0. The van der Waals surface area contributed by atoms with E-state index in [1.165, 1.54) is 11.6 Å². The number of carbonyl (C=O) groups is 1. The van der Waals surface area contributed by atoms with Gasteiger partial charge in [0.1, 0.15) is 11.3 Å². The molecule has 1 aliphatic heterocycles. The summed E-state index contributed by atoms with van der Waals surface area (Å²) in [6, 6.07) is 18.5. The third-order valence-corrected chi connectivity index (χ3v) is 7.26. The maximum Gasteiger partial charge on any atom is 0.416 e. The first-order valence-corrected chi connectivity index (χ1v) is 14.9. The van der Waals surface area contributed by atoms with E-state index in [-0.39, 0.29) is 17.3 Å². The zero-order valence-corrected chi connectivity index (χ0v) is 25.4. The molecule has 45 heavy (non-hydrogen) atoms. The maximum absolute atomic E-state index is 13.6. The summed E-state index contributed by atoms with van der Waals surface area (Å²) in [5.41, 5.74) is 1.38. The van der Waals surface area contributed by atoms with Crippen molar-refractivity contribution in [3.63, 3.8) is 0 Å². The van der Waals surface area contributed by atoms with Gasteiger partial charge in [-0.05, 0) is 69.9 Å². The van der Waals surface area contributed by atoms with E-state index >= 15 is 0 Å². The highest BCUT2D eigenvalue weighted by Gasteiger charge is 2.31. The van der Waals surface area contributed by atoms with Crippen LogP contribution in [0.25, 0.3) is 22.5 Å². The number of nitrogens with zero attached hydrogens (tertiary/aromatic N) is 5. The molecule has 1 fully saturated rings. The van der Waals surface area contributed by atoms with Gasteiger partial charge < -0.3 is 20.3 Å². The Hall–Kier alpha value is -4.74. The molecule has 1 saturated heterocycles. The van der Waals surface area contributed by atoms with Gasteiger partial charge >= 0.3 is 12.3 Å². The van der Waals surface area contributed by atoms with Gasteiger partial charge in [0.15, 0.2) is 5.82 Å². The number of rotatable bonds is 8. The van der Waals surface area contributed by atoms with Gasteiger partial charge in [0.05, 0.1) is 11.3 Å². The smallest absolute Gasteiger partial charge is 0.416 e. The fourth-order valence-electron chi connectivity index (χ4n) is 5.07. The molecule has 12 heteroatoms. The van der Waals surface area contributed by atoms with Gasteiger partial charge in [0.25, 0.3) is 0 Å². The van der Waals surface area contributed by atoms with E-state index in [0.29, 0.717) is 55.5 Å². The number of halogens is 3. The lowest BCUT2D eigenvalue weighted by molar-refractivity contribution is -0.137. The van der Waals surface area contributed by atoms with Crippen molar-refractivity contribution < 1.29 is 22.7 Å². The van der Waals surface area contributed by atoms with Crippen LogP contribution in [0.2, 0.25) is 0 Å². The average Bonchev–Trinajstić information content (AvgIpc) is 3.00. The number of anilines is 2. The third-order valence-electron chi connectivity index (χ3n) is 7.26. The molecule has 2 N–H and O–H groups in total. The molecule has 1 aliphatic rings. The SMILES string of the molecule is CC(C)(C)OC(=O)NC1CCN(c2cc(-c3ccnc(NCCc4ccccc4)n3)c(-c3cccc(C(F)(F)F)c3)nn2)CC1. The Morgan fingerprint density at radius 2 is 1.73 bits per heavy atom. The molecule has 236 valence electrons. The molecule has 1 amide bonds. The molecule has 0 radical (unpaired) electrons. The van der Waals surface area contributed by atoms with E-state index in [9.17, 15) is 18.0 Å². The van der Waals surface area contributed by atoms with E-state index in [2.05, 4.69) is 25.8 Å². The van der Waals surface area contributed by atoms with Crippen LogP contribution in [0.5, 0.6) is 0 Å². The molecule has 0 unspecified atom stereocenters. The Morgan fingerprint density at radius 3 is 2.44 bits per heavy atom. The van der Waals surface area contributed by atoms with E-state index in [0.717, 1.165) is 18.6 Å². The number of piperidine rings is 1. The maximum atomic E-state index is 13.6. The van der Waals surface area contributed by atoms with Crippen LogP contribution in [0.15, 0.2) is 72.9 Å². The largest absolute Gasteiger partial charge is 0.444 e. The summed E-state index contributed by atoms with van der Waals surface area (Å²) in [5, 5.41) is 15.0. The molecule has 0 bridgehead atoms. The minimum absolute atomic E-state index is 0.0562. The minimum Gasteiger partial charge on any atom is -0.444 e. The monoisotopic (exact) mass is 619 g/mol. The normalized spacial score (nSPS) is 14.2. The van der Waals surface area contributed by atoms with E-state index in [1.807, 2.05) is 56.0 Å². The number of hydrogen-bond acceptors (Lipinski definition) is 8. The lowest BCUT2D eigenvalue weighted by Crippen LogP contribution is -2.46. The summed E-state index contributed by atoms with van der Waals surface area (Å²) < 4.78 is 46.2. The highest BCUT2D eigenvalue weighted by molar-refractivity contribution is 5.81. The van der Waals surface area contributed by atoms with Gasteiger partial charge in [-0.3, -0.25) is 0 Å². The van der Waals surface area contributed by atoms with Crippen molar-refractivity contribution >= 4 is 17.9 Å². The molecule has 9 nitrogen and oxygen atoms in total. The number of alkyl carbamates (subject to hydrolysis) is 1. The van der Waals surface area contributed by atoms with Crippen LogP contribution >= 0.6 is 0 Å². The molecule has 3 heterocycles. The Morgan fingerprint density at radius 1 is 0.978 bits per heavy atom. The van der Waals surface area contributed by atoms with Crippen LogP contribution in [-0.2, 0) is 17.3 Å². The summed E-state index contributed by atoms with van der Waals surface area (Å²) in [4.78, 5) is 23.3. The number of hydrogen-bond donors (Lipinski definition) is 2. The first-order chi connectivity index (χ1) is 21.4. The van der Waals surface area contributed by atoms with Crippen LogP contribution < -0.4 is 15.5 Å². The van der Waals surface area contributed by atoms with Crippen molar-refractivity contribution in [1.82, 2.24) is 25.5 Å². The van der Waals surface area contributed by atoms with Gasteiger partial charge in [-0.1, -0.05) is 42.5 Å². The summed E-state index contributed by atoms with van der Waals surface area (Å²) in [7, 11) is 0. The number of ether oxygens (including phenoxy) is 1. The Kier molecular flexibility index (Phi) is 9.50. The first-order valence-electron chi connectivity index (χ1n) is 14.9. The van der Waals surface area contributed by atoms with E-state index < -0.39 is 23.4 Å². The molecule has 0 atom stereocenters. The molecule has 2 aromatic carbocycles. The number of benzene rings is 2. The van der Waals surface area contributed by atoms with Crippen molar-refractivity contribution in [2.24, 2.45) is 0 Å². The second-order valence-electron chi connectivity index (χ2n) is 11.9. The average molecular weight is 620 g/mol. The molecule has 2 aromatic heterocycles. The van der Waals surface area contributed by atoms with Crippen LogP contribution in [0.1, 0.15) is 44.7 Å². The molecule has 4 aromatic rings. The van der Waals surface area contributed by atoms with Gasteiger partial charge in [-0.15, -0.1) is 10.2 Å². The standard InChI is InChI=1S/C33H36F3N7O2/c1-32(2,3)45-31(44)39-25-14-18-43(19-15-25)28-21-26(29(42-41-28)23-10-7-11-24(20-23)33(34,35)36)27-13-17-38-30(40-27)37-16-12-22-8-5-4-6-9-22/h4-11,13,17,20-21,25H,12,14-16,18-19H2,1-3H3,(H,39,44)(H,37,38,40). The Balaban J connectivity index is 1.40. The second kappa shape index (κ2) is 13.5. The predicted molar refractivity (Wildman–Crippen MR) is 167 cm³/mol. The summed E-state index contributed by atoms with van der Waals surface area (Å²) in [6.07, 6.45) is -1.26. The molecule has 0 saturated carbocycles. The number of carbonyl (C=O) groups excluding carboxylic acids is 1. The topological polar surface area (TPSA) is 105 Å². The number of amides is 1. The fraction of sp³-hybridized carbons (Fsp3) is 0.364. The van der Waals surface area contributed by atoms with Crippen LogP contribution in [-0.4, -0.2) is 57.5 Å². The van der Waals surface area contributed by atoms with Gasteiger partial charge in [-0.2, -0.15) is 13.2 Å². The zero-order valence-electron chi connectivity index (χ0n) is 25.4. The number of aromatic nitrogens is 4. The molecule has 0 aliphatic carbocycles. The minimum atomic E-state index is -4.51. The lowest BCUT2D eigenvalue weighted by atomic mass is 10.0. The van der Waals surface area contributed by atoms with Crippen molar-refractivity contribution in [2.75, 3.05) is 29.9 Å². The predicted octanol–water partition coefficient (Wildman–Crippen LogP) is 6.77. The number of nitrogens with one attached hydrogen (secondary N) is 2. The van der Waals surface area contributed by atoms with Crippen LogP contribution in [0, 0.1) is 0 Å². The summed E-state index contributed by atoms with van der Waals surface area (Å²) in [5.74, 6) is 0.958. The Bertz CT molecular complexity index is 1600. The Labute approximate surface area is 260 Å². The number of alkyl halides is 3. The second-order valence-corrected chi connectivity index (χ2v) is 11.9. The third kappa shape index (κ3) is 8.68. The van der Waals surface area contributed by atoms with Gasteiger partial charge in [0, 0.05) is 43.0 Å².